The highest BCUT2D eigenvalue weighted by atomic mass is 16.6. The van der Waals surface area contributed by atoms with Gasteiger partial charge in [-0.05, 0) is 35.4 Å². The molecule has 2 aromatic carbocycles. The summed E-state index contributed by atoms with van der Waals surface area (Å²) >= 11 is 0. The molecule has 1 heterocycles. The standard InChI is InChI=1S/C21H18O7/c1-25-17-11-13(8-10-19(22)26-2)7-9-16(17)27-21(24)18-12-14-5-3-4-6-15(14)20(23)28-18/h3-11,18H,12H2,1-2H3/b10-8+. The van der Waals surface area contributed by atoms with Gasteiger partial charge in [-0.25, -0.2) is 14.4 Å². The Kier molecular flexibility index (Phi) is 5.74. The highest BCUT2D eigenvalue weighted by molar-refractivity contribution is 5.95. The van der Waals surface area contributed by atoms with Crippen LogP contribution < -0.4 is 9.47 Å². The average Bonchev–Trinajstić information content (AvgIpc) is 2.72. The Bertz CT molecular complexity index is 946. The summed E-state index contributed by atoms with van der Waals surface area (Å²) in [6, 6.07) is 11.7. The van der Waals surface area contributed by atoms with E-state index in [-0.39, 0.29) is 12.2 Å². The van der Waals surface area contributed by atoms with Gasteiger partial charge in [0.05, 0.1) is 19.8 Å². The summed E-state index contributed by atoms with van der Waals surface area (Å²) in [5, 5.41) is 0. The van der Waals surface area contributed by atoms with Gasteiger partial charge in [0.25, 0.3) is 0 Å². The Labute approximate surface area is 161 Å². The maximum absolute atomic E-state index is 12.5. The third-order valence-corrected chi connectivity index (χ3v) is 4.17. The van der Waals surface area contributed by atoms with Gasteiger partial charge in [-0.1, -0.05) is 24.3 Å². The summed E-state index contributed by atoms with van der Waals surface area (Å²) in [7, 11) is 2.71. The van der Waals surface area contributed by atoms with Gasteiger partial charge in [-0.15, -0.1) is 0 Å². The van der Waals surface area contributed by atoms with Crippen LogP contribution in [0.3, 0.4) is 0 Å². The van der Waals surface area contributed by atoms with Crippen molar-refractivity contribution in [2.24, 2.45) is 0 Å². The van der Waals surface area contributed by atoms with Crippen LogP contribution in [-0.4, -0.2) is 38.2 Å². The SMILES string of the molecule is COC(=O)/C=C/c1ccc(OC(=O)C2Cc3ccccc3C(=O)O2)c(OC)c1. The molecule has 1 aliphatic heterocycles. The molecule has 0 aromatic heterocycles. The minimum Gasteiger partial charge on any atom is -0.493 e. The molecule has 28 heavy (non-hydrogen) atoms. The lowest BCUT2D eigenvalue weighted by Crippen LogP contribution is -2.37. The van der Waals surface area contributed by atoms with E-state index in [0.29, 0.717) is 16.9 Å². The number of hydrogen-bond donors (Lipinski definition) is 0. The Hall–Kier alpha value is -3.61. The van der Waals surface area contributed by atoms with Crippen LogP contribution in [0.2, 0.25) is 0 Å². The summed E-state index contributed by atoms with van der Waals surface area (Å²) < 4.78 is 20.4. The minimum atomic E-state index is -1.04. The first kappa shape index (κ1) is 19.2. The highest BCUT2D eigenvalue weighted by Gasteiger charge is 2.32. The molecule has 0 spiro atoms. The smallest absolute Gasteiger partial charge is 0.353 e. The molecule has 0 aliphatic carbocycles. The molecule has 0 fully saturated rings. The molecule has 1 unspecified atom stereocenters. The molecular weight excluding hydrogens is 364 g/mol. The second kappa shape index (κ2) is 8.39. The van der Waals surface area contributed by atoms with Gasteiger partial charge in [-0.2, -0.15) is 0 Å². The van der Waals surface area contributed by atoms with Gasteiger partial charge in [0.15, 0.2) is 11.5 Å². The normalized spacial score (nSPS) is 15.5. The first-order valence-electron chi connectivity index (χ1n) is 8.46. The number of ether oxygens (including phenoxy) is 4. The van der Waals surface area contributed by atoms with Gasteiger partial charge >= 0.3 is 17.9 Å². The molecule has 0 saturated heterocycles. The molecule has 7 heteroatoms. The maximum atomic E-state index is 12.5. The van der Waals surface area contributed by atoms with E-state index in [0.717, 1.165) is 5.56 Å². The monoisotopic (exact) mass is 382 g/mol. The van der Waals surface area contributed by atoms with Crippen molar-refractivity contribution in [1.82, 2.24) is 0 Å². The zero-order chi connectivity index (χ0) is 20.1. The zero-order valence-corrected chi connectivity index (χ0v) is 15.3. The molecule has 0 saturated carbocycles. The van der Waals surface area contributed by atoms with E-state index < -0.39 is 24.0 Å². The summed E-state index contributed by atoms with van der Waals surface area (Å²) in [5.74, 6) is -1.27. The summed E-state index contributed by atoms with van der Waals surface area (Å²) in [6.45, 7) is 0. The lowest BCUT2D eigenvalue weighted by molar-refractivity contribution is -0.144. The van der Waals surface area contributed by atoms with Crippen LogP contribution in [0, 0.1) is 0 Å². The first-order valence-corrected chi connectivity index (χ1v) is 8.46. The number of carbonyl (C=O) groups excluding carboxylic acids is 3. The van der Waals surface area contributed by atoms with Crippen molar-refractivity contribution < 1.29 is 33.3 Å². The van der Waals surface area contributed by atoms with Crippen LogP contribution in [0.5, 0.6) is 11.5 Å². The highest BCUT2D eigenvalue weighted by Crippen LogP contribution is 2.30. The number of methoxy groups -OCH3 is 2. The van der Waals surface area contributed by atoms with Crippen LogP contribution in [0.1, 0.15) is 21.5 Å². The number of rotatable bonds is 5. The molecule has 0 N–H and O–H groups in total. The van der Waals surface area contributed by atoms with E-state index in [9.17, 15) is 14.4 Å². The summed E-state index contributed by atoms with van der Waals surface area (Å²) in [6.07, 6.45) is 2.01. The fourth-order valence-corrected chi connectivity index (χ4v) is 2.74. The quantitative estimate of drug-likeness (QED) is 0.446. The Balaban J connectivity index is 1.74. The fourth-order valence-electron chi connectivity index (χ4n) is 2.74. The largest absolute Gasteiger partial charge is 0.493 e. The number of carbonyl (C=O) groups is 3. The maximum Gasteiger partial charge on any atom is 0.353 e. The van der Waals surface area contributed by atoms with Crippen molar-refractivity contribution in [2.45, 2.75) is 12.5 Å². The Morgan fingerprint density at radius 3 is 2.64 bits per heavy atom. The van der Waals surface area contributed by atoms with Gasteiger partial charge in [0.1, 0.15) is 0 Å². The van der Waals surface area contributed by atoms with E-state index >= 15 is 0 Å². The second-order valence-corrected chi connectivity index (χ2v) is 5.94. The molecule has 0 radical (unpaired) electrons. The molecule has 7 nitrogen and oxygen atoms in total. The van der Waals surface area contributed by atoms with E-state index in [1.807, 2.05) is 0 Å². The summed E-state index contributed by atoms with van der Waals surface area (Å²) in [4.78, 5) is 35.8. The van der Waals surface area contributed by atoms with Gasteiger partial charge in [-0.3, -0.25) is 0 Å². The topological polar surface area (TPSA) is 88.1 Å². The number of esters is 3. The third-order valence-electron chi connectivity index (χ3n) is 4.17. The second-order valence-electron chi connectivity index (χ2n) is 5.94. The van der Waals surface area contributed by atoms with Gasteiger partial charge < -0.3 is 18.9 Å². The average molecular weight is 382 g/mol. The first-order chi connectivity index (χ1) is 13.5. The van der Waals surface area contributed by atoms with Crippen LogP contribution >= 0.6 is 0 Å². The van der Waals surface area contributed by atoms with Crippen LogP contribution in [0.15, 0.2) is 48.5 Å². The van der Waals surface area contributed by atoms with Crippen molar-refractivity contribution in [3.63, 3.8) is 0 Å². The molecule has 144 valence electrons. The molecule has 0 amide bonds. The summed E-state index contributed by atoms with van der Waals surface area (Å²) in [5.41, 5.74) is 1.84. The third kappa shape index (κ3) is 4.20. The Morgan fingerprint density at radius 1 is 1.11 bits per heavy atom. The van der Waals surface area contributed by atoms with E-state index in [2.05, 4.69) is 4.74 Å². The van der Waals surface area contributed by atoms with Gasteiger partial charge in [0, 0.05) is 12.5 Å². The number of hydrogen-bond acceptors (Lipinski definition) is 7. The predicted molar refractivity (Wildman–Crippen MR) is 99.0 cm³/mol. The van der Waals surface area contributed by atoms with Crippen molar-refractivity contribution in [2.75, 3.05) is 14.2 Å². The molecule has 3 rings (SSSR count). The Morgan fingerprint density at radius 2 is 1.89 bits per heavy atom. The predicted octanol–water partition coefficient (Wildman–Crippen LogP) is 2.57. The number of fused-ring (bicyclic) bond motifs is 1. The van der Waals surface area contributed by atoms with Crippen molar-refractivity contribution in [3.05, 3.63) is 65.2 Å². The van der Waals surface area contributed by atoms with Gasteiger partial charge in [0.2, 0.25) is 6.10 Å². The number of cyclic esters (lactones) is 1. The van der Waals surface area contributed by atoms with Crippen LogP contribution in [0.25, 0.3) is 6.08 Å². The molecule has 0 bridgehead atoms. The molecule has 1 aliphatic rings. The molecule has 1 atom stereocenters. The minimum absolute atomic E-state index is 0.178. The zero-order valence-electron chi connectivity index (χ0n) is 15.3. The van der Waals surface area contributed by atoms with E-state index in [1.54, 1.807) is 42.5 Å². The fraction of sp³-hybridized carbons (Fsp3) is 0.190. The van der Waals surface area contributed by atoms with Crippen LogP contribution in [0.4, 0.5) is 0 Å². The van der Waals surface area contributed by atoms with Crippen molar-refractivity contribution in [1.29, 1.82) is 0 Å². The van der Waals surface area contributed by atoms with Crippen molar-refractivity contribution >= 4 is 24.0 Å². The number of benzene rings is 2. The van der Waals surface area contributed by atoms with E-state index in [4.69, 9.17) is 14.2 Å². The lowest BCUT2D eigenvalue weighted by atomic mass is 9.99. The molecular formula is C21H18O7. The lowest BCUT2D eigenvalue weighted by Gasteiger charge is -2.23. The van der Waals surface area contributed by atoms with E-state index in [1.165, 1.54) is 26.4 Å². The van der Waals surface area contributed by atoms with Crippen molar-refractivity contribution in [3.8, 4) is 11.5 Å². The molecule has 2 aromatic rings. The van der Waals surface area contributed by atoms with Crippen LogP contribution in [-0.2, 0) is 25.5 Å².